The average molecular weight is 455 g/mol. The second-order valence-corrected chi connectivity index (χ2v) is 9.74. The number of alkyl carbamates (subject to hydrolysis) is 1. The summed E-state index contributed by atoms with van der Waals surface area (Å²) in [7, 11) is 0. The molecular formula is C26H34N2O5. The van der Waals surface area contributed by atoms with Gasteiger partial charge in [0, 0.05) is 6.54 Å². The molecule has 0 saturated carbocycles. The largest absolute Gasteiger partial charge is 0.465 e. The maximum absolute atomic E-state index is 12.1. The maximum atomic E-state index is 12.1. The Morgan fingerprint density at radius 2 is 1.70 bits per heavy atom. The van der Waals surface area contributed by atoms with Gasteiger partial charge in [-0.25, -0.2) is 9.59 Å². The number of aliphatic hydroxyl groups is 1. The third-order valence-corrected chi connectivity index (χ3v) is 6.11. The quantitative estimate of drug-likeness (QED) is 0.567. The summed E-state index contributed by atoms with van der Waals surface area (Å²) in [5.74, 6) is 0. The zero-order valence-corrected chi connectivity index (χ0v) is 19.7. The molecule has 1 aliphatic rings. The molecule has 7 heteroatoms. The number of nitrogens with zero attached hydrogens (tertiary/aromatic N) is 1. The third kappa shape index (κ3) is 5.85. The summed E-state index contributed by atoms with van der Waals surface area (Å²) in [6.45, 7) is 7.68. The Bertz CT molecular complexity index is 955. The van der Waals surface area contributed by atoms with Gasteiger partial charge >= 0.3 is 12.2 Å². The fourth-order valence-electron chi connectivity index (χ4n) is 4.55. The minimum Gasteiger partial charge on any atom is -0.465 e. The summed E-state index contributed by atoms with van der Waals surface area (Å²) in [6, 6.07) is 16.7. The van der Waals surface area contributed by atoms with E-state index in [1.807, 2.05) is 70.2 Å². The van der Waals surface area contributed by atoms with Gasteiger partial charge in [0.15, 0.2) is 0 Å². The number of carbonyl (C=O) groups excluding carboxylic acids is 1. The third-order valence-electron chi connectivity index (χ3n) is 6.11. The molecule has 1 fully saturated rings. The van der Waals surface area contributed by atoms with E-state index < -0.39 is 29.4 Å². The molecule has 0 aromatic heterocycles. The molecule has 2 aromatic rings. The Kier molecular flexibility index (Phi) is 7.32. The predicted molar refractivity (Wildman–Crippen MR) is 126 cm³/mol. The molecule has 1 heterocycles. The van der Waals surface area contributed by atoms with Crippen molar-refractivity contribution < 1.29 is 24.5 Å². The van der Waals surface area contributed by atoms with Crippen LogP contribution in [-0.4, -0.2) is 45.0 Å². The molecular weight excluding hydrogens is 420 g/mol. The van der Waals surface area contributed by atoms with Crippen molar-refractivity contribution >= 4 is 12.2 Å². The van der Waals surface area contributed by atoms with E-state index >= 15 is 0 Å². The van der Waals surface area contributed by atoms with Crippen LogP contribution in [0.1, 0.15) is 69.4 Å². The fourth-order valence-corrected chi connectivity index (χ4v) is 4.55. The van der Waals surface area contributed by atoms with Crippen LogP contribution in [0.5, 0.6) is 0 Å². The Balaban J connectivity index is 1.81. The standard InChI is InChI=1S/C26H34N2O5/c1-18(27-23(30)33-25(2,3)4)20-11-13-21(14-12-20)22(29)26(15-8-16-28(26)24(31)32)17-19-9-6-5-7-10-19/h5-7,9-14,18,22,29H,8,15-17H2,1-4H3,(H,27,30)(H,31,32)/t18-,22?,26+/m0/s1. The first-order chi connectivity index (χ1) is 15.5. The molecule has 0 radical (unpaired) electrons. The van der Waals surface area contributed by atoms with Crippen LogP contribution in [-0.2, 0) is 11.2 Å². The van der Waals surface area contributed by atoms with E-state index in [-0.39, 0.29) is 6.04 Å². The lowest BCUT2D eigenvalue weighted by Crippen LogP contribution is -2.52. The number of carboxylic acid groups (broad SMARTS) is 1. The molecule has 1 saturated heterocycles. The lowest BCUT2D eigenvalue weighted by atomic mass is 9.79. The van der Waals surface area contributed by atoms with Gasteiger partial charge in [0.05, 0.1) is 11.6 Å². The number of nitrogens with one attached hydrogen (secondary N) is 1. The van der Waals surface area contributed by atoms with E-state index in [9.17, 15) is 19.8 Å². The molecule has 3 N–H and O–H groups in total. The van der Waals surface area contributed by atoms with Gasteiger partial charge in [-0.05, 0) is 63.6 Å². The van der Waals surface area contributed by atoms with Crippen LogP contribution in [0.4, 0.5) is 9.59 Å². The van der Waals surface area contributed by atoms with Gasteiger partial charge in [-0.3, -0.25) is 4.90 Å². The van der Waals surface area contributed by atoms with Gasteiger partial charge in [-0.15, -0.1) is 0 Å². The van der Waals surface area contributed by atoms with E-state index in [2.05, 4.69) is 5.32 Å². The molecule has 7 nitrogen and oxygen atoms in total. The minimum absolute atomic E-state index is 0.286. The number of likely N-dealkylation sites (tertiary alicyclic amines) is 1. The molecule has 0 bridgehead atoms. The first-order valence-corrected chi connectivity index (χ1v) is 11.3. The molecule has 33 heavy (non-hydrogen) atoms. The van der Waals surface area contributed by atoms with Crippen LogP contribution in [0.3, 0.4) is 0 Å². The number of carbonyl (C=O) groups is 2. The van der Waals surface area contributed by atoms with Crippen LogP contribution in [0.2, 0.25) is 0 Å². The van der Waals surface area contributed by atoms with Gasteiger partial charge in [0.1, 0.15) is 11.7 Å². The van der Waals surface area contributed by atoms with Crippen LogP contribution in [0.25, 0.3) is 0 Å². The number of hydrogen-bond donors (Lipinski definition) is 3. The molecule has 178 valence electrons. The molecule has 1 aliphatic heterocycles. The Morgan fingerprint density at radius 1 is 1.09 bits per heavy atom. The second kappa shape index (κ2) is 9.83. The van der Waals surface area contributed by atoms with Crippen LogP contribution in [0, 0.1) is 0 Å². The summed E-state index contributed by atoms with van der Waals surface area (Å²) in [4.78, 5) is 25.5. The SMILES string of the molecule is C[C@H](NC(=O)OC(C)(C)C)c1ccc(C(O)[C@]2(Cc3ccccc3)CCCN2C(=O)O)cc1. The van der Waals surface area contributed by atoms with Crippen molar-refractivity contribution in [1.29, 1.82) is 0 Å². The van der Waals surface area contributed by atoms with Crippen molar-refractivity contribution in [2.45, 2.75) is 70.2 Å². The van der Waals surface area contributed by atoms with E-state index in [0.717, 1.165) is 11.1 Å². The second-order valence-electron chi connectivity index (χ2n) is 9.74. The molecule has 2 aromatic carbocycles. The van der Waals surface area contributed by atoms with Crippen molar-refractivity contribution in [2.24, 2.45) is 0 Å². The van der Waals surface area contributed by atoms with E-state index in [1.54, 1.807) is 12.1 Å². The van der Waals surface area contributed by atoms with Crippen molar-refractivity contribution in [3.8, 4) is 0 Å². The molecule has 0 spiro atoms. The Morgan fingerprint density at radius 3 is 2.27 bits per heavy atom. The van der Waals surface area contributed by atoms with Gasteiger partial charge in [-0.1, -0.05) is 54.6 Å². The van der Waals surface area contributed by atoms with Crippen molar-refractivity contribution in [2.75, 3.05) is 6.54 Å². The summed E-state index contributed by atoms with van der Waals surface area (Å²) in [6.07, 6.45) is -0.795. The van der Waals surface area contributed by atoms with E-state index in [1.165, 1.54) is 4.90 Å². The monoisotopic (exact) mass is 454 g/mol. The highest BCUT2D eigenvalue weighted by Crippen LogP contribution is 2.43. The predicted octanol–water partition coefficient (Wildman–Crippen LogP) is 5.06. The summed E-state index contributed by atoms with van der Waals surface area (Å²) < 4.78 is 5.31. The zero-order valence-electron chi connectivity index (χ0n) is 19.7. The summed E-state index contributed by atoms with van der Waals surface area (Å²) in [5.41, 5.74) is 0.969. The molecule has 0 aliphatic carbocycles. The Hall–Kier alpha value is -3.06. The van der Waals surface area contributed by atoms with E-state index in [0.29, 0.717) is 31.4 Å². The average Bonchev–Trinajstić information content (AvgIpc) is 3.17. The van der Waals surface area contributed by atoms with Crippen LogP contribution < -0.4 is 5.32 Å². The molecule has 1 unspecified atom stereocenters. The lowest BCUT2D eigenvalue weighted by molar-refractivity contribution is -0.00261. The fraction of sp³-hybridized carbons (Fsp3) is 0.462. The number of aliphatic hydroxyl groups excluding tert-OH is 1. The van der Waals surface area contributed by atoms with Gasteiger partial charge in [-0.2, -0.15) is 0 Å². The highest BCUT2D eigenvalue weighted by atomic mass is 16.6. The van der Waals surface area contributed by atoms with Crippen molar-refractivity contribution in [1.82, 2.24) is 10.2 Å². The number of rotatable bonds is 6. The number of hydrogen-bond acceptors (Lipinski definition) is 4. The molecule has 3 rings (SSSR count). The highest BCUT2D eigenvalue weighted by molar-refractivity contribution is 5.68. The molecule has 2 amide bonds. The van der Waals surface area contributed by atoms with Crippen LogP contribution >= 0.6 is 0 Å². The van der Waals surface area contributed by atoms with E-state index in [4.69, 9.17) is 4.74 Å². The topological polar surface area (TPSA) is 99.1 Å². The summed E-state index contributed by atoms with van der Waals surface area (Å²) >= 11 is 0. The minimum atomic E-state index is -1.02. The van der Waals surface area contributed by atoms with Gasteiger partial charge in [0.2, 0.25) is 0 Å². The Labute approximate surface area is 195 Å². The highest BCUT2D eigenvalue weighted by Gasteiger charge is 2.49. The van der Waals surface area contributed by atoms with Gasteiger partial charge in [0.25, 0.3) is 0 Å². The number of ether oxygens (including phenoxy) is 1. The zero-order chi connectivity index (χ0) is 24.2. The van der Waals surface area contributed by atoms with Gasteiger partial charge < -0.3 is 20.3 Å². The molecule has 3 atom stereocenters. The maximum Gasteiger partial charge on any atom is 0.408 e. The van der Waals surface area contributed by atoms with Crippen molar-refractivity contribution in [3.63, 3.8) is 0 Å². The summed E-state index contributed by atoms with van der Waals surface area (Å²) in [5, 5.41) is 24.1. The first kappa shape index (κ1) is 24.6. The van der Waals surface area contributed by atoms with Crippen LogP contribution in [0.15, 0.2) is 54.6 Å². The number of amides is 2. The smallest absolute Gasteiger partial charge is 0.408 e. The first-order valence-electron chi connectivity index (χ1n) is 11.3. The number of benzene rings is 2. The van der Waals surface area contributed by atoms with Crippen molar-refractivity contribution in [3.05, 3.63) is 71.3 Å². The lowest BCUT2D eigenvalue weighted by Gasteiger charge is -2.41. The normalized spacial score (nSPS) is 20.2.